The molecular formula is C22H20N2O4. The molecule has 2 aromatic carbocycles. The molecule has 0 aliphatic rings. The molecule has 0 fully saturated rings. The highest BCUT2D eigenvalue weighted by atomic mass is 16.5. The van der Waals surface area contributed by atoms with E-state index in [9.17, 15) is 5.26 Å². The van der Waals surface area contributed by atoms with Crippen LogP contribution in [0.1, 0.15) is 5.56 Å². The van der Waals surface area contributed by atoms with Gasteiger partial charge in [-0.2, -0.15) is 5.26 Å². The standard InChI is InChI=1S/C22H20N2O4/c1-25-15-7-5-14(6-8-15)18-12-20(24-22(28-4)19(18)13-23)17-10-9-16(26-2)11-21(17)27-3/h5-12H,1-4H3. The number of nitriles is 1. The number of benzene rings is 2. The summed E-state index contributed by atoms with van der Waals surface area (Å²) >= 11 is 0. The van der Waals surface area contributed by atoms with Crippen molar-refractivity contribution in [3.05, 3.63) is 54.1 Å². The van der Waals surface area contributed by atoms with Gasteiger partial charge in [0.25, 0.3) is 0 Å². The number of pyridine rings is 1. The zero-order valence-corrected chi connectivity index (χ0v) is 16.1. The first-order valence-corrected chi connectivity index (χ1v) is 8.51. The van der Waals surface area contributed by atoms with Gasteiger partial charge in [-0.15, -0.1) is 0 Å². The van der Waals surface area contributed by atoms with E-state index in [1.165, 1.54) is 7.11 Å². The maximum absolute atomic E-state index is 9.69. The quantitative estimate of drug-likeness (QED) is 0.638. The van der Waals surface area contributed by atoms with Gasteiger partial charge in [0.05, 0.1) is 34.1 Å². The van der Waals surface area contributed by atoms with E-state index in [1.54, 1.807) is 27.4 Å². The average molecular weight is 376 g/mol. The molecule has 1 heterocycles. The van der Waals surface area contributed by atoms with Crippen LogP contribution >= 0.6 is 0 Å². The number of rotatable bonds is 6. The van der Waals surface area contributed by atoms with Crippen LogP contribution in [-0.4, -0.2) is 33.4 Å². The predicted octanol–water partition coefficient (Wildman–Crippen LogP) is 4.32. The summed E-state index contributed by atoms with van der Waals surface area (Å²) in [5.41, 5.74) is 3.32. The smallest absolute Gasteiger partial charge is 0.232 e. The summed E-state index contributed by atoms with van der Waals surface area (Å²) in [4.78, 5) is 4.53. The highest BCUT2D eigenvalue weighted by Gasteiger charge is 2.18. The molecule has 142 valence electrons. The Morgan fingerprint density at radius 2 is 1.43 bits per heavy atom. The van der Waals surface area contributed by atoms with E-state index in [-0.39, 0.29) is 5.88 Å². The number of aromatic nitrogens is 1. The van der Waals surface area contributed by atoms with E-state index in [0.717, 1.165) is 16.9 Å². The minimum atomic E-state index is 0.253. The lowest BCUT2D eigenvalue weighted by atomic mass is 9.98. The largest absolute Gasteiger partial charge is 0.497 e. The SMILES string of the molecule is COc1ccc(-c2cc(-c3ccc(OC)cc3OC)nc(OC)c2C#N)cc1. The molecule has 0 radical (unpaired) electrons. The van der Waals surface area contributed by atoms with Gasteiger partial charge in [-0.25, -0.2) is 4.98 Å². The molecule has 0 unspecified atom stereocenters. The van der Waals surface area contributed by atoms with Crippen molar-refractivity contribution < 1.29 is 18.9 Å². The van der Waals surface area contributed by atoms with Gasteiger partial charge in [-0.1, -0.05) is 12.1 Å². The molecule has 0 saturated heterocycles. The fraction of sp³-hybridized carbons (Fsp3) is 0.182. The van der Waals surface area contributed by atoms with Crippen molar-refractivity contribution in [3.8, 4) is 51.6 Å². The Balaban J connectivity index is 2.23. The molecule has 0 N–H and O–H groups in total. The van der Waals surface area contributed by atoms with Gasteiger partial charge in [-0.05, 0) is 35.9 Å². The maximum Gasteiger partial charge on any atom is 0.232 e. The summed E-state index contributed by atoms with van der Waals surface area (Å²) in [7, 11) is 6.29. The van der Waals surface area contributed by atoms with Gasteiger partial charge >= 0.3 is 0 Å². The van der Waals surface area contributed by atoms with Crippen LogP contribution in [0.5, 0.6) is 23.1 Å². The summed E-state index contributed by atoms with van der Waals surface area (Å²) in [6, 6.07) is 17.0. The predicted molar refractivity (Wildman–Crippen MR) is 106 cm³/mol. The van der Waals surface area contributed by atoms with Crippen molar-refractivity contribution in [3.63, 3.8) is 0 Å². The highest BCUT2D eigenvalue weighted by Crippen LogP contribution is 2.38. The topological polar surface area (TPSA) is 73.6 Å². The first-order valence-electron chi connectivity index (χ1n) is 8.51. The molecule has 0 atom stereocenters. The highest BCUT2D eigenvalue weighted by molar-refractivity contribution is 5.80. The number of hydrogen-bond acceptors (Lipinski definition) is 6. The Morgan fingerprint density at radius 3 is 2.00 bits per heavy atom. The molecule has 3 rings (SSSR count). The van der Waals surface area contributed by atoms with Crippen LogP contribution in [0.4, 0.5) is 0 Å². The van der Waals surface area contributed by atoms with Gasteiger partial charge in [0.1, 0.15) is 28.9 Å². The van der Waals surface area contributed by atoms with Crippen LogP contribution < -0.4 is 18.9 Å². The lowest BCUT2D eigenvalue weighted by Crippen LogP contribution is -1.99. The molecule has 1 aromatic heterocycles. The number of hydrogen-bond donors (Lipinski definition) is 0. The molecule has 6 nitrogen and oxygen atoms in total. The molecular weight excluding hydrogens is 356 g/mol. The van der Waals surface area contributed by atoms with E-state index in [4.69, 9.17) is 18.9 Å². The second kappa shape index (κ2) is 8.31. The van der Waals surface area contributed by atoms with Crippen molar-refractivity contribution in [2.45, 2.75) is 0 Å². The van der Waals surface area contributed by atoms with Crippen LogP contribution in [0.3, 0.4) is 0 Å². The Morgan fingerprint density at radius 1 is 0.750 bits per heavy atom. The summed E-state index contributed by atoms with van der Waals surface area (Å²) < 4.78 is 21.4. The molecule has 3 aromatic rings. The summed E-state index contributed by atoms with van der Waals surface area (Å²) in [5.74, 6) is 2.28. The van der Waals surface area contributed by atoms with E-state index in [0.29, 0.717) is 28.3 Å². The number of ether oxygens (including phenoxy) is 4. The molecule has 0 aliphatic carbocycles. The Kier molecular flexibility index (Phi) is 5.66. The zero-order valence-electron chi connectivity index (χ0n) is 16.1. The summed E-state index contributed by atoms with van der Waals surface area (Å²) in [6.07, 6.45) is 0. The summed E-state index contributed by atoms with van der Waals surface area (Å²) in [5, 5.41) is 9.69. The van der Waals surface area contributed by atoms with Gasteiger partial charge in [0, 0.05) is 17.2 Å². The second-order valence-corrected chi connectivity index (χ2v) is 5.85. The summed E-state index contributed by atoms with van der Waals surface area (Å²) in [6.45, 7) is 0. The third-order valence-electron chi connectivity index (χ3n) is 4.38. The Labute approximate surface area is 163 Å². The fourth-order valence-corrected chi connectivity index (χ4v) is 2.92. The monoisotopic (exact) mass is 376 g/mol. The lowest BCUT2D eigenvalue weighted by molar-refractivity contribution is 0.393. The van der Waals surface area contributed by atoms with E-state index < -0.39 is 0 Å². The fourth-order valence-electron chi connectivity index (χ4n) is 2.92. The Hall–Kier alpha value is -3.72. The molecule has 0 saturated carbocycles. The van der Waals surface area contributed by atoms with Crippen molar-refractivity contribution in [2.24, 2.45) is 0 Å². The molecule has 0 bridgehead atoms. The lowest BCUT2D eigenvalue weighted by Gasteiger charge is -2.14. The molecule has 0 amide bonds. The van der Waals surface area contributed by atoms with Crippen LogP contribution in [-0.2, 0) is 0 Å². The molecule has 0 aliphatic heterocycles. The zero-order chi connectivity index (χ0) is 20.1. The molecule has 28 heavy (non-hydrogen) atoms. The van der Waals surface area contributed by atoms with Crippen molar-refractivity contribution in [1.82, 2.24) is 4.98 Å². The normalized spacial score (nSPS) is 10.1. The third-order valence-corrected chi connectivity index (χ3v) is 4.38. The van der Waals surface area contributed by atoms with E-state index in [2.05, 4.69) is 11.1 Å². The number of nitrogens with zero attached hydrogens (tertiary/aromatic N) is 2. The van der Waals surface area contributed by atoms with Crippen LogP contribution in [0.15, 0.2) is 48.5 Å². The van der Waals surface area contributed by atoms with Gasteiger partial charge in [-0.3, -0.25) is 0 Å². The van der Waals surface area contributed by atoms with Crippen LogP contribution in [0.2, 0.25) is 0 Å². The minimum absolute atomic E-state index is 0.253. The second-order valence-electron chi connectivity index (χ2n) is 5.85. The van der Waals surface area contributed by atoms with Crippen LogP contribution in [0, 0.1) is 11.3 Å². The maximum atomic E-state index is 9.69. The van der Waals surface area contributed by atoms with Gasteiger partial charge in [0.15, 0.2) is 0 Å². The molecule has 0 spiro atoms. The average Bonchev–Trinajstić information content (AvgIpc) is 2.77. The van der Waals surface area contributed by atoms with Gasteiger partial charge < -0.3 is 18.9 Å². The first kappa shape index (κ1) is 19.1. The first-order chi connectivity index (χ1) is 13.6. The van der Waals surface area contributed by atoms with Crippen molar-refractivity contribution in [1.29, 1.82) is 5.26 Å². The van der Waals surface area contributed by atoms with E-state index in [1.807, 2.05) is 42.5 Å². The molecule has 6 heteroatoms. The third kappa shape index (κ3) is 3.55. The van der Waals surface area contributed by atoms with Crippen LogP contribution in [0.25, 0.3) is 22.4 Å². The van der Waals surface area contributed by atoms with Crippen molar-refractivity contribution in [2.75, 3.05) is 28.4 Å². The minimum Gasteiger partial charge on any atom is -0.497 e. The van der Waals surface area contributed by atoms with Gasteiger partial charge in [0.2, 0.25) is 5.88 Å². The number of methoxy groups -OCH3 is 4. The Bertz CT molecular complexity index is 1020. The van der Waals surface area contributed by atoms with E-state index >= 15 is 0 Å². The van der Waals surface area contributed by atoms with Crippen molar-refractivity contribution >= 4 is 0 Å².